The van der Waals surface area contributed by atoms with Crippen molar-refractivity contribution < 1.29 is 13.2 Å². The van der Waals surface area contributed by atoms with Gasteiger partial charge in [0.15, 0.2) is 0 Å². The quantitative estimate of drug-likeness (QED) is 0.501. The van der Waals surface area contributed by atoms with Crippen molar-refractivity contribution in [1.29, 1.82) is 0 Å². The monoisotopic (exact) mass is 324 g/mol. The first-order valence-corrected chi connectivity index (χ1v) is 7.32. The zero-order valence-corrected chi connectivity index (χ0v) is 12.4. The highest BCUT2D eigenvalue weighted by molar-refractivity contribution is 5.94. The molecular formula is C19H11F3N2. The molecule has 0 fully saturated rings. The predicted octanol–water partition coefficient (Wildman–Crippen LogP) is 5.11. The van der Waals surface area contributed by atoms with Crippen LogP contribution in [0.3, 0.4) is 0 Å². The van der Waals surface area contributed by atoms with Crippen LogP contribution in [0, 0.1) is 17.5 Å². The summed E-state index contributed by atoms with van der Waals surface area (Å²) in [5.41, 5.74) is 2.49. The first kappa shape index (κ1) is 14.5. The Hall–Kier alpha value is -3.08. The molecule has 0 aliphatic heterocycles. The van der Waals surface area contributed by atoms with Crippen LogP contribution in [0.15, 0.2) is 66.7 Å². The van der Waals surface area contributed by atoms with Crippen molar-refractivity contribution in [2.24, 2.45) is 0 Å². The van der Waals surface area contributed by atoms with E-state index < -0.39 is 5.82 Å². The third-order valence-electron chi connectivity index (χ3n) is 3.83. The number of benzene rings is 3. The minimum absolute atomic E-state index is 0.341. The maximum atomic E-state index is 13.7. The average Bonchev–Trinajstić information content (AvgIpc) is 2.95. The van der Waals surface area contributed by atoms with Crippen molar-refractivity contribution in [1.82, 2.24) is 9.78 Å². The Labute approximate surface area is 135 Å². The number of rotatable bonds is 2. The highest BCUT2D eigenvalue weighted by atomic mass is 19.1. The molecule has 0 aliphatic carbocycles. The van der Waals surface area contributed by atoms with Gasteiger partial charge in [-0.05, 0) is 60.7 Å². The predicted molar refractivity (Wildman–Crippen MR) is 86.4 cm³/mol. The smallest absolute Gasteiger partial charge is 0.125 e. The van der Waals surface area contributed by atoms with E-state index in [1.165, 1.54) is 36.4 Å². The summed E-state index contributed by atoms with van der Waals surface area (Å²) in [4.78, 5) is 0. The van der Waals surface area contributed by atoms with Gasteiger partial charge in [-0.25, -0.2) is 17.9 Å². The van der Waals surface area contributed by atoms with Crippen LogP contribution in [-0.2, 0) is 0 Å². The molecule has 0 radical (unpaired) electrons. The molecule has 0 amide bonds. The van der Waals surface area contributed by atoms with Crippen LogP contribution in [0.4, 0.5) is 13.2 Å². The summed E-state index contributed by atoms with van der Waals surface area (Å²) >= 11 is 0. The summed E-state index contributed by atoms with van der Waals surface area (Å²) in [6.07, 6.45) is 0. The van der Waals surface area contributed by atoms with Gasteiger partial charge in [0.1, 0.15) is 23.1 Å². The summed E-state index contributed by atoms with van der Waals surface area (Å²) in [6.45, 7) is 0. The lowest BCUT2D eigenvalue weighted by Gasteiger charge is -2.03. The van der Waals surface area contributed by atoms with Gasteiger partial charge in [-0.1, -0.05) is 0 Å². The molecule has 5 heteroatoms. The van der Waals surface area contributed by atoms with Crippen molar-refractivity contribution in [3.05, 3.63) is 84.2 Å². The van der Waals surface area contributed by atoms with Gasteiger partial charge in [-0.15, -0.1) is 0 Å². The van der Waals surface area contributed by atoms with Crippen molar-refractivity contribution in [3.8, 4) is 16.9 Å². The van der Waals surface area contributed by atoms with Crippen LogP contribution in [0.1, 0.15) is 0 Å². The normalized spacial score (nSPS) is 11.1. The molecule has 0 unspecified atom stereocenters. The van der Waals surface area contributed by atoms with Gasteiger partial charge in [0, 0.05) is 17.0 Å². The van der Waals surface area contributed by atoms with E-state index in [0.717, 1.165) is 5.39 Å². The summed E-state index contributed by atoms with van der Waals surface area (Å²) in [7, 11) is 0. The van der Waals surface area contributed by atoms with E-state index in [2.05, 4.69) is 5.10 Å². The molecule has 0 atom stereocenters. The zero-order valence-electron chi connectivity index (χ0n) is 12.4. The van der Waals surface area contributed by atoms with Gasteiger partial charge < -0.3 is 0 Å². The fourth-order valence-electron chi connectivity index (χ4n) is 2.69. The number of halogens is 3. The second-order valence-corrected chi connectivity index (χ2v) is 5.41. The second kappa shape index (κ2) is 5.53. The fraction of sp³-hybridized carbons (Fsp3) is 0. The Kier molecular flexibility index (Phi) is 3.34. The Morgan fingerprint density at radius 2 is 1.25 bits per heavy atom. The molecule has 1 aromatic heterocycles. The average molecular weight is 324 g/mol. The summed E-state index contributed by atoms with van der Waals surface area (Å²) in [5.74, 6) is -1.09. The van der Waals surface area contributed by atoms with Gasteiger partial charge in [0.25, 0.3) is 0 Å². The molecule has 0 spiro atoms. The molecule has 0 bridgehead atoms. The first-order chi connectivity index (χ1) is 11.6. The van der Waals surface area contributed by atoms with Crippen LogP contribution < -0.4 is 0 Å². The van der Waals surface area contributed by atoms with Crippen LogP contribution in [-0.4, -0.2) is 9.78 Å². The topological polar surface area (TPSA) is 17.8 Å². The largest absolute Gasteiger partial charge is 0.232 e. The SMILES string of the molecule is Fc1ccc(-c2nn(-c3ccc(F)cc3)c3cc(F)ccc23)cc1. The lowest BCUT2D eigenvalue weighted by atomic mass is 10.1. The van der Waals surface area contributed by atoms with E-state index in [0.29, 0.717) is 22.5 Å². The molecule has 2 nitrogen and oxygen atoms in total. The van der Waals surface area contributed by atoms with Crippen LogP contribution in [0.2, 0.25) is 0 Å². The standard InChI is InChI=1S/C19H11F3N2/c20-13-3-1-12(2-4-13)19-17-10-7-15(22)11-18(17)24(23-19)16-8-5-14(21)6-9-16/h1-11H. The number of nitrogens with zero attached hydrogens (tertiary/aromatic N) is 2. The third-order valence-corrected chi connectivity index (χ3v) is 3.83. The maximum Gasteiger partial charge on any atom is 0.125 e. The number of hydrogen-bond donors (Lipinski definition) is 0. The van der Waals surface area contributed by atoms with Gasteiger partial charge in [-0.3, -0.25) is 0 Å². The summed E-state index contributed by atoms with van der Waals surface area (Å²) in [6, 6.07) is 16.1. The van der Waals surface area contributed by atoms with E-state index >= 15 is 0 Å². The Morgan fingerprint density at radius 3 is 1.92 bits per heavy atom. The number of fused-ring (bicyclic) bond motifs is 1. The Balaban J connectivity index is 1.98. The number of hydrogen-bond acceptors (Lipinski definition) is 1. The van der Waals surface area contributed by atoms with Gasteiger partial charge in [0.05, 0.1) is 11.2 Å². The molecule has 3 aromatic carbocycles. The Bertz CT molecular complexity index is 1020. The summed E-state index contributed by atoms with van der Waals surface area (Å²) in [5, 5.41) is 5.26. The third kappa shape index (κ3) is 2.44. The minimum Gasteiger partial charge on any atom is -0.232 e. The minimum atomic E-state index is -0.392. The molecule has 4 rings (SSSR count). The van der Waals surface area contributed by atoms with Crippen molar-refractivity contribution >= 4 is 10.9 Å². The number of aromatic nitrogens is 2. The van der Waals surface area contributed by atoms with Crippen LogP contribution in [0.5, 0.6) is 0 Å². The molecular weight excluding hydrogens is 313 g/mol. The molecule has 1 heterocycles. The van der Waals surface area contributed by atoms with Crippen LogP contribution >= 0.6 is 0 Å². The molecule has 4 aromatic rings. The molecule has 118 valence electrons. The lowest BCUT2D eigenvalue weighted by molar-refractivity contribution is 0.626. The van der Waals surface area contributed by atoms with Gasteiger partial charge in [-0.2, -0.15) is 5.10 Å². The second-order valence-electron chi connectivity index (χ2n) is 5.41. The lowest BCUT2D eigenvalue weighted by Crippen LogP contribution is -1.96. The van der Waals surface area contributed by atoms with E-state index in [1.807, 2.05) is 0 Å². The first-order valence-electron chi connectivity index (χ1n) is 7.32. The fourth-order valence-corrected chi connectivity index (χ4v) is 2.69. The molecule has 0 aliphatic rings. The van der Waals surface area contributed by atoms with Crippen molar-refractivity contribution in [3.63, 3.8) is 0 Å². The molecule has 24 heavy (non-hydrogen) atoms. The van der Waals surface area contributed by atoms with E-state index in [-0.39, 0.29) is 11.6 Å². The van der Waals surface area contributed by atoms with E-state index in [4.69, 9.17) is 0 Å². The zero-order chi connectivity index (χ0) is 16.7. The highest BCUT2D eigenvalue weighted by Crippen LogP contribution is 2.30. The maximum absolute atomic E-state index is 13.7. The highest BCUT2D eigenvalue weighted by Gasteiger charge is 2.14. The summed E-state index contributed by atoms with van der Waals surface area (Å²) < 4.78 is 41.6. The van der Waals surface area contributed by atoms with Gasteiger partial charge >= 0.3 is 0 Å². The molecule has 0 saturated carbocycles. The Morgan fingerprint density at radius 1 is 0.667 bits per heavy atom. The van der Waals surface area contributed by atoms with Gasteiger partial charge in [0.2, 0.25) is 0 Å². The van der Waals surface area contributed by atoms with Crippen molar-refractivity contribution in [2.75, 3.05) is 0 Å². The van der Waals surface area contributed by atoms with E-state index in [9.17, 15) is 13.2 Å². The van der Waals surface area contributed by atoms with Crippen molar-refractivity contribution in [2.45, 2.75) is 0 Å². The van der Waals surface area contributed by atoms with E-state index in [1.54, 1.807) is 35.0 Å². The molecule has 0 N–H and O–H groups in total. The molecule has 0 saturated heterocycles. The van der Waals surface area contributed by atoms with Crippen LogP contribution in [0.25, 0.3) is 27.8 Å².